The molecule has 0 bridgehead atoms. The standard InChI is InChI=1S/C19H25NO/c1-3-19(4-2)14-18(11-12-21-19)20-17-10-9-15-7-5-6-8-16(15)13-17/h5-10,13,18,20H,3-4,11-12,14H2,1-2H3. The van der Waals surface area contributed by atoms with Gasteiger partial charge in [-0.25, -0.2) is 0 Å². The smallest absolute Gasteiger partial charge is 0.0696 e. The number of ether oxygens (including phenoxy) is 1. The molecule has 1 N–H and O–H groups in total. The molecule has 1 fully saturated rings. The average Bonchev–Trinajstić information content (AvgIpc) is 2.55. The monoisotopic (exact) mass is 283 g/mol. The average molecular weight is 283 g/mol. The SMILES string of the molecule is CCC1(CC)CC(Nc2ccc3ccccc3c2)CCO1. The van der Waals surface area contributed by atoms with Crippen LogP contribution in [0.3, 0.4) is 0 Å². The van der Waals surface area contributed by atoms with E-state index in [1.54, 1.807) is 0 Å². The Hall–Kier alpha value is -1.54. The van der Waals surface area contributed by atoms with Gasteiger partial charge in [0.25, 0.3) is 0 Å². The van der Waals surface area contributed by atoms with Crippen LogP contribution in [0.1, 0.15) is 39.5 Å². The molecule has 2 aromatic carbocycles. The third kappa shape index (κ3) is 3.06. The second kappa shape index (κ2) is 6.07. The van der Waals surface area contributed by atoms with Crippen molar-refractivity contribution in [1.29, 1.82) is 0 Å². The number of benzene rings is 2. The van der Waals surface area contributed by atoms with E-state index >= 15 is 0 Å². The number of rotatable bonds is 4. The number of fused-ring (bicyclic) bond motifs is 1. The van der Waals surface area contributed by atoms with Crippen molar-refractivity contribution in [3.8, 4) is 0 Å². The maximum atomic E-state index is 6.06. The van der Waals surface area contributed by atoms with E-state index in [1.165, 1.54) is 16.5 Å². The van der Waals surface area contributed by atoms with E-state index in [1.807, 2.05) is 0 Å². The molecule has 2 aromatic rings. The van der Waals surface area contributed by atoms with Crippen LogP contribution in [0.25, 0.3) is 10.8 Å². The first-order valence-corrected chi connectivity index (χ1v) is 8.14. The van der Waals surface area contributed by atoms with Gasteiger partial charge >= 0.3 is 0 Å². The van der Waals surface area contributed by atoms with Crippen molar-refractivity contribution in [3.05, 3.63) is 42.5 Å². The lowest BCUT2D eigenvalue weighted by atomic mass is 9.86. The van der Waals surface area contributed by atoms with Crippen LogP contribution in [0.2, 0.25) is 0 Å². The highest BCUT2D eigenvalue weighted by molar-refractivity contribution is 5.85. The molecule has 0 amide bonds. The lowest BCUT2D eigenvalue weighted by Crippen LogP contribution is -2.43. The van der Waals surface area contributed by atoms with Crippen molar-refractivity contribution in [2.45, 2.75) is 51.2 Å². The van der Waals surface area contributed by atoms with E-state index in [9.17, 15) is 0 Å². The van der Waals surface area contributed by atoms with Gasteiger partial charge in [-0.05, 0) is 48.6 Å². The Morgan fingerprint density at radius 1 is 1.10 bits per heavy atom. The molecule has 0 spiro atoms. The van der Waals surface area contributed by atoms with Gasteiger partial charge in [-0.1, -0.05) is 44.2 Å². The van der Waals surface area contributed by atoms with E-state index in [0.717, 1.165) is 32.3 Å². The van der Waals surface area contributed by atoms with E-state index in [2.05, 4.69) is 61.6 Å². The van der Waals surface area contributed by atoms with Gasteiger partial charge < -0.3 is 10.1 Å². The predicted octanol–water partition coefficient (Wildman–Crippen LogP) is 4.99. The Morgan fingerprint density at radius 3 is 2.62 bits per heavy atom. The summed E-state index contributed by atoms with van der Waals surface area (Å²) in [5.41, 5.74) is 1.30. The zero-order chi connectivity index (χ0) is 14.7. The summed E-state index contributed by atoms with van der Waals surface area (Å²) < 4.78 is 6.06. The summed E-state index contributed by atoms with van der Waals surface area (Å²) >= 11 is 0. The number of hydrogen-bond acceptors (Lipinski definition) is 2. The van der Waals surface area contributed by atoms with Crippen LogP contribution in [-0.4, -0.2) is 18.2 Å². The summed E-state index contributed by atoms with van der Waals surface area (Å²) in [5.74, 6) is 0. The van der Waals surface area contributed by atoms with E-state index < -0.39 is 0 Å². The normalized spacial score (nSPS) is 21.3. The molecule has 0 aliphatic carbocycles. The van der Waals surface area contributed by atoms with Gasteiger partial charge in [-0.3, -0.25) is 0 Å². The zero-order valence-electron chi connectivity index (χ0n) is 13.1. The molecule has 1 unspecified atom stereocenters. The third-order valence-corrected chi connectivity index (χ3v) is 4.90. The topological polar surface area (TPSA) is 21.3 Å². The van der Waals surface area contributed by atoms with Crippen LogP contribution < -0.4 is 5.32 Å². The molecule has 1 heterocycles. The Kier molecular flexibility index (Phi) is 4.16. The third-order valence-electron chi connectivity index (χ3n) is 4.90. The fraction of sp³-hybridized carbons (Fsp3) is 0.474. The number of nitrogens with one attached hydrogen (secondary N) is 1. The molecular formula is C19H25NO. The van der Waals surface area contributed by atoms with Crippen molar-refractivity contribution in [2.24, 2.45) is 0 Å². The minimum absolute atomic E-state index is 0.0762. The Morgan fingerprint density at radius 2 is 1.86 bits per heavy atom. The van der Waals surface area contributed by atoms with E-state index in [4.69, 9.17) is 4.74 Å². The largest absolute Gasteiger partial charge is 0.382 e. The summed E-state index contributed by atoms with van der Waals surface area (Å²) in [6.45, 7) is 5.34. The number of hydrogen-bond donors (Lipinski definition) is 1. The van der Waals surface area contributed by atoms with Crippen LogP contribution in [0.15, 0.2) is 42.5 Å². The summed E-state index contributed by atoms with van der Waals surface area (Å²) in [7, 11) is 0. The minimum atomic E-state index is 0.0762. The van der Waals surface area contributed by atoms with Crippen molar-refractivity contribution in [3.63, 3.8) is 0 Å². The molecule has 2 heteroatoms. The van der Waals surface area contributed by atoms with Gasteiger partial charge in [0.2, 0.25) is 0 Å². The Bertz CT molecular complexity index is 603. The highest BCUT2D eigenvalue weighted by Crippen LogP contribution is 2.33. The highest BCUT2D eigenvalue weighted by Gasteiger charge is 2.34. The van der Waals surface area contributed by atoms with Crippen molar-refractivity contribution < 1.29 is 4.74 Å². The highest BCUT2D eigenvalue weighted by atomic mass is 16.5. The van der Waals surface area contributed by atoms with Crippen LogP contribution in [0.4, 0.5) is 5.69 Å². The van der Waals surface area contributed by atoms with Gasteiger partial charge in [0, 0.05) is 18.3 Å². The van der Waals surface area contributed by atoms with Crippen LogP contribution >= 0.6 is 0 Å². The molecule has 112 valence electrons. The maximum absolute atomic E-state index is 6.06. The van der Waals surface area contributed by atoms with Gasteiger partial charge in [0.05, 0.1) is 5.60 Å². The molecule has 3 rings (SSSR count). The van der Waals surface area contributed by atoms with Gasteiger partial charge in [-0.2, -0.15) is 0 Å². The lowest BCUT2D eigenvalue weighted by Gasteiger charge is -2.40. The number of anilines is 1. The predicted molar refractivity (Wildman–Crippen MR) is 89.9 cm³/mol. The molecule has 1 aliphatic rings. The lowest BCUT2D eigenvalue weighted by molar-refractivity contribution is -0.0864. The minimum Gasteiger partial charge on any atom is -0.382 e. The summed E-state index contributed by atoms with van der Waals surface area (Å²) in [6, 6.07) is 15.7. The van der Waals surface area contributed by atoms with E-state index in [-0.39, 0.29) is 5.60 Å². The molecule has 0 aromatic heterocycles. The molecule has 2 nitrogen and oxygen atoms in total. The zero-order valence-corrected chi connectivity index (χ0v) is 13.1. The van der Waals surface area contributed by atoms with Crippen LogP contribution in [0.5, 0.6) is 0 Å². The second-order valence-electron chi connectivity index (χ2n) is 6.13. The van der Waals surface area contributed by atoms with Crippen molar-refractivity contribution >= 4 is 16.5 Å². The maximum Gasteiger partial charge on any atom is 0.0696 e. The Balaban J connectivity index is 1.75. The van der Waals surface area contributed by atoms with Gasteiger partial charge in [0.1, 0.15) is 0 Å². The molecular weight excluding hydrogens is 258 g/mol. The first-order valence-electron chi connectivity index (χ1n) is 8.14. The molecule has 1 atom stereocenters. The van der Waals surface area contributed by atoms with Crippen molar-refractivity contribution in [1.82, 2.24) is 0 Å². The second-order valence-corrected chi connectivity index (χ2v) is 6.13. The summed E-state index contributed by atoms with van der Waals surface area (Å²) in [6.07, 6.45) is 4.39. The summed E-state index contributed by atoms with van der Waals surface area (Å²) in [4.78, 5) is 0. The summed E-state index contributed by atoms with van der Waals surface area (Å²) in [5, 5.41) is 6.31. The fourth-order valence-corrected chi connectivity index (χ4v) is 3.41. The molecule has 0 saturated carbocycles. The van der Waals surface area contributed by atoms with E-state index in [0.29, 0.717) is 6.04 Å². The molecule has 1 saturated heterocycles. The quantitative estimate of drug-likeness (QED) is 0.853. The first kappa shape index (κ1) is 14.4. The molecule has 0 radical (unpaired) electrons. The van der Waals surface area contributed by atoms with Crippen molar-refractivity contribution in [2.75, 3.05) is 11.9 Å². The van der Waals surface area contributed by atoms with Crippen LogP contribution in [0, 0.1) is 0 Å². The molecule has 21 heavy (non-hydrogen) atoms. The molecule has 1 aliphatic heterocycles. The Labute approximate surface area is 127 Å². The van der Waals surface area contributed by atoms with Gasteiger partial charge in [0.15, 0.2) is 0 Å². The van der Waals surface area contributed by atoms with Crippen LogP contribution in [-0.2, 0) is 4.74 Å². The fourth-order valence-electron chi connectivity index (χ4n) is 3.41. The first-order chi connectivity index (χ1) is 10.2. The van der Waals surface area contributed by atoms with Gasteiger partial charge in [-0.15, -0.1) is 0 Å².